The van der Waals surface area contributed by atoms with Crippen molar-refractivity contribution in [3.8, 4) is 22.9 Å². The molecule has 0 aliphatic carbocycles. The minimum atomic E-state index is -4.40. The third-order valence-corrected chi connectivity index (χ3v) is 6.59. The molecule has 0 amide bonds. The maximum atomic E-state index is 11.6. The number of benzene rings is 1. The van der Waals surface area contributed by atoms with Gasteiger partial charge in [-0.2, -0.15) is 18.6 Å². The highest BCUT2D eigenvalue weighted by molar-refractivity contribution is 7.86. The van der Waals surface area contributed by atoms with Gasteiger partial charge in [-0.1, -0.05) is 6.07 Å². The number of fused-ring (bicyclic) bond motifs is 1. The highest BCUT2D eigenvalue weighted by Gasteiger charge is 2.23. The number of hydrogen-bond donors (Lipinski definition) is 2. The van der Waals surface area contributed by atoms with Gasteiger partial charge >= 0.3 is 0 Å². The van der Waals surface area contributed by atoms with Crippen molar-refractivity contribution in [2.45, 2.75) is 37.3 Å². The fourth-order valence-electron chi connectivity index (χ4n) is 4.03. The molecule has 0 bridgehead atoms. The SMILES string of the molecule is Cc1ccc(S(=O)(=O)O)c(OCCOc2ccc3c(n2)c(-c2cn[nH]c2)nn3C2CCCCO2)c1. The van der Waals surface area contributed by atoms with Crippen molar-refractivity contribution >= 4 is 21.2 Å². The van der Waals surface area contributed by atoms with Crippen LogP contribution in [0.1, 0.15) is 31.1 Å². The van der Waals surface area contributed by atoms with Gasteiger partial charge in [0.1, 0.15) is 35.1 Å². The zero-order chi connectivity index (χ0) is 24.4. The van der Waals surface area contributed by atoms with Crippen LogP contribution in [0, 0.1) is 6.92 Å². The van der Waals surface area contributed by atoms with Crippen LogP contribution < -0.4 is 9.47 Å². The van der Waals surface area contributed by atoms with Gasteiger partial charge in [0.15, 0.2) is 6.23 Å². The number of rotatable bonds is 8. The van der Waals surface area contributed by atoms with E-state index in [2.05, 4.69) is 15.2 Å². The maximum Gasteiger partial charge on any atom is 0.298 e. The van der Waals surface area contributed by atoms with E-state index in [1.807, 2.05) is 10.7 Å². The Kier molecular flexibility index (Phi) is 6.41. The van der Waals surface area contributed by atoms with Gasteiger partial charge in [-0.3, -0.25) is 9.65 Å². The lowest BCUT2D eigenvalue weighted by atomic mass is 10.2. The normalized spacial score (nSPS) is 16.5. The first-order valence-electron chi connectivity index (χ1n) is 11.2. The van der Waals surface area contributed by atoms with Crippen LogP contribution >= 0.6 is 0 Å². The van der Waals surface area contributed by atoms with Gasteiger partial charge in [0.2, 0.25) is 5.88 Å². The molecule has 12 heteroatoms. The number of nitrogens with one attached hydrogen (secondary N) is 1. The molecular weight excluding hydrogens is 474 g/mol. The Bertz CT molecular complexity index is 1430. The molecule has 1 aliphatic heterocycles. The predicted molar refractivity (Wildman–Crippen MR) is 126 cm³/mol. The number of ether oxygens (including phenoxy) is 3. The molecule has 1 saturated heterocycles. The largest absolute Gasteiger partial charge is 0.489 e. The van der Waals surface area contributed by atoms with E-state index in [4.69, 9.17) is 19.3 Å². The first-order chi connectivity index (χ1) is 16.9. The molecule has 1 atom stereocenters. The summed E-state index contributed by atoms with van der Waals surface area (Å²) in [4.78, 5) is 4.38. The number of aryl methyl sites for hydroxylation is 1. The predicted octanol–water partition coefficient (Wildman–Crippen LogP) is 3.53. The van der Waals surface area contributed by atoms with Gasteiger partial charge in [-0.05, 0) is 49.9 Å². The smallest absolute Gasteiger partial charge is 0.298 e. The van der Waals surface area contributed by atoms with Crippen molar-refractivity contribution in [2.24, 2.45) is 0 Å². The fraction of sp³-hybridized carbons (Fsp3) is 0.348. The van der Waals surface area contributed by atoms with Crippen molar-refractivity contribution in [3.05, 3.63) is 48.3 Å². The summed E-state index contributed by atoms with van der Waals surface area (Å²) in [6, 6.07) is 8.08. The van der Waals surface area contributed by atoms with Crippen LogP contribution in [0.15, 0.2) is 47.6 Å². The third kappa shape index (κ3) is 4.99. The van der Waals surface area contributed by atoms with E-state index in [0.29, 0.717) is 23.7 Å². The van der Waals surface area contributed by atoms with Crippen molar-refractivity contribution in [1.82, 2.24) is 25.0 Å². The molecule has 11 nitrogen and oxygen atoms in total. The zero-order valence-electron chi connectivity index (χ0n) is 19.0. The molecular formula is C23H25N5O6S. The first-order valence-corrected chi connectivity index (χ1v) is 12.7. The molecule has 0 saturated carbocycles. The Balaban J connectivity index is 1.35. The van der Waals surface area contributed by atoms with Gasteiger partial charge in [0, 0.05) is 24.4 Å². The van der Waals surface area contributed by atoms with Crippen LogP contribution in [0.5, 0.6) is 11.6 Å². The van der Waals surface area contributed by atoms with Crippen molar-refractivity contribution in [2.75, 3.05) is 19.8 Å². The minimum Gasteiger partial charge on any atom is -0.489 e. The summed E-state index contributed by atoms with van der Waals surface area (Å²) >= 11 is 0. The van der Waals surface area contributed by atoms with Crippen molar-refractivity contribution < 1.29 is 27.2 Å². The number of H-pyrrole nitrogens is 1. The van der Waals surface area contributed by atoms with E-state index >= 15 is 0 Å². The Morgan fingerprint density at radius 1 is 1.20 bits per heavy atom. The fourth-order valence-corrected chi connectivity index (χ4v) is 4.64. The summed E-state index contributed by atoms with van der Waals surface area (Å²) in [5.74, 6) is 0.435. The number of hydrogen-bond acceptors (Lipinski definition) is 8. The van der Waals surface area contributed by atoms with Crippen molar-refractivity contribution in [3.63, 3.8) is 0 Å². The molecule has 1 aromatic carbocycles. The lowest BCUT2D eigenvalue weighted by Gasteiger charge is -2.23. The molecule has 2 N–H and O–H groups in total. The van der Waals surface area contributed by atoms with Crippen LogP contribution in [0.4, 0.5) is 0 Å². The minimum absolute atomic E-state index is 0.0510. The number of aromatic nitrogens is 5. The van der Waals surface area contributed by atoms with E-state index in [-0.39, 0.29) is 30.1 Å². The third-order valence-electron chi connectivity index (χ3n) is 5.70. The average Bonchev–Trinajstić information content (AvgIpc) is 3.49. The number of aromatic amines is 1. The summed E-state index contributed by atoms with van der Waals surface area (Å²) in [6.45, 7) is 2.65. The highest BCUT2D eigenvalue weighted by atomic mass is 32.2. The maximum absolute atomic E-state index is 11.6. The lowest BCUT2D eigenvalue weighted by molar-refractivity contribution is -0.0365. The summed E-state index contributed by atoms with van der Waals surface area (Å²) < 4.78 is 51.8. The van der Waals surface area contributed by atoms with Gasteiger partial charge in [-0.15, -0.1) is 0 Å². The summed E-state index contributed by atoms with van der Waals surface area (Å²) in [6.07, 6.45) is 6.28. The van der Waals surface area contributed by atoms with E-state index < -0.39 is 10.1 Å². The van der Waals surface area contributed by atoms with Crippen LogP contribution in [-0.2, 0) is 14.9 Å². The van der Waals surface area contributed by atoms with E-state index in [1.54, 1.807) is 37.5 Å². The number of pyridine rings is 1. The quantitative estimate of drug-likeness (QED) is 0.275. The topological polar surface area (TPSA) is 141 Å². The second kappa shape index (κ2) is 9.64. The summed E-state index contributed by atoms with van der Waals surface area (Å²) in [5, 5.41) is 11.6. The van der Waals surface area contributed by atoms with E-state index in [1.165, 1.54) is 6.07 Å². The Hall–Kier alpha value is -3.48. The van der Waals surface area contributed by atoms with Gasteiger partial charge < -0.3 is 14.2 Å². The molecule has 4 aromatic rings. The average molecular weight is 500 g/mol. The van der Waals surface area contributed by atoms with E-state index in [9.17, 15) is 13.0 Å². The summed E-state index contributed by atoms with van der Waals surface area (Å²) in [7, 11) is -4.40. The molecule has 0 radical (unpaired) electrons. The van der Waals surface area contributed by atoms with E-state index in [0.717, 1.165) is 35.9 Å². The molecule has 3 aromatic heterocycles. The number of nitrogens with zero attached hydrogens (tertiary/aromatic N) is 4. The Morgan fingerprint density at radius 3 is 2.80 bits per heavy atom. The monoisotopic (exact) mass is 499 g/mol. The van der Waals surface area contributed by atoms with Crippen LogP contribution in [0.3, 0.4) is 0 Å². The lowest BCUT2D eigenvalue weighted by Crippen LogP contribution is -2.19. The molecule has 184 valence electrons. The Labute approximate surface area is 201 Å². The molecule has 1 fully saturated rings. The van der Waals surface area contributed by atoms with Crippen LogP contribution in [0.2, 0.25) is 0 Å². The summed E-state index contributed by atoms with van der Waals surface area (Å²) in [5.41, 5.74) is 3.75. The van der Waals surface area contributed by atoms with Gasteiger partial charge in [0.25, 0.3) is 10.1 Å². The molecule has 35 heavy (non-hydrogen) atoms. The highest BCUT2D eigenvalue weighted by Crippen LogP contribution is 2.32. The zero-order valence-corrected chi connectivity index (χ0v) is 19.9. The first kappa shape index (κ1) is 23.3. The molecule has 5 rings (SSSR count). The molecule has 1 aliphatic rings. The molecule has 4 heterocycles. The standard InChI is InChI=1S/C23H25N5O6S/c1-15-5-7-19(35(29,30)31)18(12-15)32-10-11-33-20-8-6-17-23(26-20)22(16-13-24-25-14-16)27-28(17)21-4-2-3-9-34-21/h5-8,12-14,21H,2-4,9-11H2,1H3,(H,24,25)(H,29,30,31). The van der Waals surface area contributed by atoms with Crippen LogP contribution in [0.25, 0.3) is 22.3 Å². The van der Waals surface area contributed by atoms with Crippen molar-refractivity contribution in [1.29, 1.82) is 0 Å². The molecule has 1 unspecified atom stereocenters. The second-order valence-corrected chi connectivity index (χ2v) is 9.63. The van der Waals surface area contributed by atoms with Gasteiger partial charge in [-0.25, -0.2) is 9.67 Å². The Morgan fingerprint density at radius 2 is 2.06 bits per heavy atom. The van der Waals surface area contributed by atoms with Gasteiger partial charge in [0.05, 0.1) is 11.7 Å². The van der Waals surface area contributed by atoms with Crippen LogP contribution in [-0.4, -0.2) is 57.8 Å². The second-order valence-electron chi connectivity index (χ2n) is 8.24. The molecule has 0 spiro atoms.